The highest BCUT2D eigenvalue weighted by atomic mass is 16.4. The van der Waals surface area contributed by atoms with Crippen molar-refractivity contribution in [1.82, 2.24) is 10.6 Å². The van der Waals surface area contributed by atoms with E-state index in [-0.39, 0.29) is 17.6 Å². The van der Waals surface area contributed by atoms with E-state index in [1.165, 1.54) is 0 Å². The molecule has 162 valence electrons. The van der Waals surface area contributed by atoms with Crippen molar-refractivity contribution in [3.05, 3.63) is 59.2 Å². The molecule has 0 bridgehead atoms. The van der Waals surface area contributed by atoms with Crippen LogP contribution in [0.15, 0.2) is 42.5 Å². The monoisotopic (exact) mass is 422 g/mol. The molecule has 0 spiro atoms. The highest BCUT2D eigenvalue weighted by molar-refractivity contribution is 6.24. The van der Waals surface area contributed by atoms with Gasteiger partial charge in [0.15, 0.2) is 5.78 Å². The fourth-order valence-corrected chi connectivity index (χ4v) is 3.78. The Morgan fingerprint density at radius 1 is 0.774 bits per heavy atom. The SMILES string of the molecule is CC(C)[C@H](NC(=O)[C@@H](NC(=O)c1cccc2c1-c1ccccc1C2=O)C(C)C)C(=O)O. The average Bonchev–Trinajstić information content (AvgIpc) is 3.02. The number of rotatable bonds is 7. The summed E-state index contributed by atoms with van der Waals surface area (Å²) in [6.07, 6.45) is 0. The van der Waals surface area contributed by atoms with Crippen molar-refractivity contribution in [3.63, 3.8) is 0 Å². The first kappa shape index (κ1) is 22.2. The number of carbonyl (C=O) groups excluding carboxylic acids is 3. The predicted octanol–water partition coefficient (Wildman–Crippen LogP) is 2.88. The van der Waals surface area contributed by atoms with Crippen molar-refractivity contribution in [1.29, 1.82) is 0 Å². The average molecular weight is 422 g/mol. The van der Waals surface area contributed by atoms with Crippen molar-refractivity contribution in [2.24, 2.45) is 11.8 Å². The van der Waals surface area contributed by atoms with Crippen molar-refractivity contribution in [2.45, 2.75) is 39.8 Å². The number of benzene rings is 2. The molecule has 0 fully saturated rings. The first-order valence-electron chi connectivity index (χ1n) is 10.2. The summed E-state index contributed by atoms with van der Waals surface area (Å²) in [5.74, 6) is -2.92. The highest BCUT2D eigenvalue weighted by Crippen LogP contribution is 2.38. The van der Waals surface area contributed by atoms with E-state index in [0.717, 1.165) is 0 Å². The number of hydrogen-bond acceptors (Lipinski definition) is 4. The fraction of sp³-hybridized carbons (Fsp3) is 0.333. The number of carbonyl (C=O) groups is 4. The summed E-state index contributed by atoms with van der Waals surface area (Å²) in [5.41, 5.74) is 2.52. The van der Waals surface area contributed by atoms with Gasteiger partial charge in [-0.15, -0.1) is 0 Å². The van der Waals surface area contributed by atoms with Crippen LogP contribution < -0.4 is 10.6 Å². The second-order valence-electron chi connectivity index (χ2n) is 8.37. The summed E-state index contributed by atoms with van der Waals surface area (Å²) >= 11 is 0. The zero-order valence-corrected chi connectivity index (χ0v) is 17.9. The van der Waals surface area contributed by atoms with Gasteiger partial charge in [-0.2, -0.15) is 0 Å². The maximum Gasteiger partial charge on any atom is 0.326 e. The van der Waals surface area contributed by atoms with E-state index < -0.39 is 29.9 Å². The van der Waals surface area contributed by atoms with Crippen LogP contribution in [-0.4, -0.2) is 40.8 Å². The summed E-state index contributed by atoms with van der Waals surface area (Å²) in [4.78, 5) is 50.1. The molecule has 3 rings (SSSR count). The van der Waals surface area contributed by atoms with Crippen molar-refractivity contribution in [3.8, 4) is 11.1 Å². The molecule has 0 aromatic heterocycles. The second-order valence-corrected chi connectivity index (χ2v) is 8.37. The van der Waals surface area contributed by atoms with Gasteiger partial charge >= 0.3 is 5.97 Å². The lowest BCUT2D eigenvalue weighted by molar-refractivity contribution is -0.143. The molecule has 2 atom stereocenters. The maximum absolute atomic E-state index is 13.2. The van der Waals surface area contributed by atoms with Gasteiger partial charge in [0.1, 0.15) is 12.1 Å². The molecule has 2 aromatic carbocycles. The number of ketones is 1. The molecule has 2 aromatic rings. The number of carboxylic acid groups (broad SMARTS) is 1. The van der Waals surface area contributed by atoms with Crippen LogP contribution >= 0.6 is 0 Å². The third-order valence-corrected chi connectivity index (χ3v) is 5.46. The molecule has 3 N–H and O–H groups in total. The van der Waals surface area contributed by atoms with E-state index in [9.17, 15) is 24.3 Å². The van der Waals surface area contributed by atoms with Gasteiger partial charge in [0.25, 0.3) is 5.91 Å². The molecule has 0 radical (unpaired) electrons. The van der Waals surface area contributed by atoms with Gasteiger partial charge in [-0.25, -0.2) is 4.79 Å². The lowest BCUT2D eigenvalue weighted by Crippen LogP contribution is -2.55. The van der Waals surface area contributed by atoms with Crippen LogP contribution in [0.3, 0.4) is 0 Å². The molecule has 0 heterocycles. The normalized spacial score (nSPS) is 14.1. The van der Waals surface area contributed by atoms with Crippen LogP contribution in [0.2, 0.25) is 0 Å². The van der Waals surface area contributed by atoms with Crippen LogP contribution in [0.4, 0.5) is 0 Å². The number of amides is 2. The predicted molar refractivity (Wildman–Crippen MR) is 116 cm³/mol. The molecule has 0 saturated carbocycles. The van der Waals surface area contributed by atoms with Gasteiger partial charge in [-0.05, 0) is 23.5 Å². The largest absolute Gasteiger partial charge is 0.480 e. The minimum Gasteiger partial charge on any atom is -0.480 e. The molecule has 2 amide bonds. The Morgan fingerprint density at radius 2 is 1.35 bits per heavy atom. The van der Waals surface area contributed by atoms with Gasteiger partial charge in [-0.1, -0.05) is 64.1 Å². The van der Waals surface area contributed by atoms with E-state index in [4.69, 9.17) is 0 Å². The molecule has 0 aliphatic heterocycles. The summed E-state index contributed by atoms with van der Waals surface area (Å²) < 4.78 is 0. The molecular weight excluding hydrogens is 396 g/mol. The van der Waals surface area contributed by atoms with E-state index in [1.807, 2.05) is 0 Å². The van der Waals surface area contributed by atoms with E-state index in [0.29, 0.717) is 27.8 Å². The van der Waals surface area contributed by atoms with Crippen LogP contribution in [-0.2, 0) is 9.59 Å². The van der Waals surface area contributed by atoms with Crippen LogP contribution in [0.25, 0.3) is 11.1 Å². The number of hydrogen-bond donors (Lipinski definition) is 3. The highest BCUT2D eigenvalue weighted by Gasteiger charge is 2.33. The van der Waals surface area contributed by atoms with Gasteiger partial charge < -0.3 is 15.7 Å². The van der Waals surface area contributed by atoms with Gasteiger partial charge in [0, 0.05) is 22.3 Å². The van der Waals surface area contributed by atoms with E-state index in [2.05, 4.69) is 10.6 Å². The van der Waals surface area contributed by atoms with Crippen molar-refractivity contribution >= 4 is 23.6 Å². The maximum atomic E-state index is 13.2. The second kappa shape index (κ2) is 8.71. The molecule has 0 saturated heterocycles. The van der Waals surface area contributed by atoms with Gasteiger partial charge in [0.05, 0.1) is 0 Å². The number of fused-ring (bicyclic) bond motifs is 3. The number of aliphatic carboxylic acids is 1. The zero-order chi connectivity index (χ0) is 22.9. The topological polar surface area (TPSA) is 113 Å². The van der Waals surface area contributed by atoms with Gasteiger partial charge in [-0.3, -0.25) is 14.4 Å². The zero-order valence-electron chi connectivity index (χ0n) is 17.9. The lowest BCUT2D eigenvalue weighted by Gasteiger charge is -2.25. The fourth-order valence-electron chi connectivity index (χ4n) is 3.78. The Bertz CT molecular complexity index is 1060. The molecular formula is C24H26N2O5. The van der Waals surface area contributed by atoms with Crippen LogP contribution in [0, 0.1) is 11.8 Å². The minimum absolute atomic E-state index is 0.139. The van der Waals surface area contributed by atoms with Crippen molar-refractivity contribution < 1.29 is 24.3 Å². The summed E-state index contributed by atoms with van der Waals surface area (Å²) in [6, 6.07) is 10.0. The summed E-state index contributed by atoms with van der Waals surface area (Å²) in [6.45, 7) is 6.93. The standard InChI is InChI=1S/C24H26N2O5/c1-12(2)19(23(29)26-20(13(3)4)24(30)31)25-22(28)17-11-7-10-16-18(17)14-8-5-6-9-15(14)21(16)27/h5-13,19-20H,1-4H3,(H,25,28)(H,26,29)(H,30,31)/t19-,20-/m0/s1. The molecule has 1 aliphatic carbocycles. The Balaban J connectivity index is 1.90. The third kappa shape index (κ3) is 4.21. The smallest absolute Gasteiger partial charge is 0.326 e. The molecule has 31 heavy (non-hydrogen) atoms. The van der Waals surface area contributed by atoms with E-state index >= 15 is 0 Å². The quantitative estimate of drug-likeness (QED) is 0.542. The first-order chi connectivity index (χ1) is 14.6. The van der Waals surface area contributed by atoms with Gasteiger partial charge in [0.2, 0.25) is 5.91 Å². The lowest BCUT2D eigenvalue weighted by atomic mass is 9.97. The first-order valence-corrected chi connectivity index (χ1v) is 10.2. The number of carboxylic acids is 1. The third-order valence-electron chi connectivity index (χ3n) is 5.46. The molecule has 7 heteroatoms. The molecule has 0 unspecified atom stereocenters. The summed E-state index contributed by atoms with van der Waals surface area (Å²) in [7, 11) is 0. The number of nitrogens with one attached hydrogen (secondary N) is 2. The Hall–Kier alpha value is -3.48. The van der Waals surface area contributed by atoms with Crippen LogP contribution in [0.1, 0.15) is 54.0 Å². The Kier molecular flexibility index (Phi) is 6.24. The summed E-state index contributed by atoms with van der Waals surface area (Å²) in [5, 5.41) is 14.6. The van der Waals surface area contributed by atoms with Crippen LogP contribution in [0.5, 0.6) is 0 Å². The van der Waals surface area contributed by atoms with Crippen molar-refractivity contribution in [2.75, 3.05) is 0 Å². The minimum atomic E-state index is -1.13. The Morgan fingerprint density at radius 3 is 1.94 bits per heavy atom. The van der Waals surface area contributed by atoms with E-state index in [1.54, 1.807) is 70.2 Å². The molecule has 1 aliphatic rings. The molecule has 7 nitrogen and oxygen atoms in total. The Labute approximate surface area is 180 Å².